The van der Waals surface area contributed by atoms with Crippen LogP contribution in [0.4, 0.5) is 13.2 Å². The second-order valence-electron chi connectivity index (χ2n) is 9.31. The predicted molar refractivity (Wildman–Crippen MR) is 132 cm³/mol. The average molecular weight is 465 g/mol. The van der Waals surface area contributed by atoms with E-state index in [2.05, 4.69) is 6.58 Å². The smallest absolute Gasteiger partial charge is 0.166 e. The van der Waals surface area contributed by atoms with Gasteiger partial charge in [0, 0.05) is 5.56 Å². The molecule has 0 saturated heterocycles. The lowest BCUT2D eigenvalue weighted by Gasteiger charge is -2.29. The van der Waals surface area contributed by atoms with Crippen molar-refractivity contribution in [2.45, 2.75) is 51.4 Å². The highest BCUT2D eigenvalue weighted by Crippen LogP contribution is 2.39. The van der Waals surface area contributed by atoms with Crippen LogP contribution in [0, 0.1) is 30.3 Å². The minimum Gasteiger partial charge on any atom is -0.486 e. The fourth-order valence-electron chi connectivity index (χ4n) is 4.92. The lowest BCUT2D eigenvalue weighted by atomic mass is 9.77. The molecule has 0 spiro atoms. The van der Waals surface area contributed by atoms with Crippen molar-refractivity contribution < 1.29 is 17.9 Å². The monoisotopic (exact) mass is 464 g/mol. The van der Waals surface area contributed by atoms with Crippen LogP contribution in [-0.4, -0.2) is 6.61 Å². The van der Waals surface area contributed by atoms with Crippen molar-refractivity contribution >= 4 is 0 Å². The highest BCUT2D eigenvalue weighted by Gasteiger charge is 2.24. The lowest BCUT2D eigenvalue weighted by Crippen LogP contribution is -2.14. The van der Waals surface area contributed by atoms with Crippen molar-refractivity contribution in [1.82, 2.24) is 0 Å². The summed E-state index contributed by atoms with van der Waals surface area (Å²) in [6.45, 7) is 5.82. The van der Waals surface area contributed by atoms with Gasteiger partial charge in [-0.05, 0) is 86.1 Å². The van der Waals surface area contributed by atoms with E-state index in [4.69, 9.17) is 4.74 Å². The molecule has 0 bridgehead atoms. The number of benzene rings is 3. The van der Waals surface area contributed by atoms with E-state index in [-0.39, 0.29) is 18.2 Å². The third kappa shape index (κ3) is 5.55. The Morgan fingerprint density at radius 3 is 2.32 bits per heavy atom. The molecule has 1 nitrogen and oxygen atoms in total. The van der Waals surface area contributed by atoms with Gasteiger partial charge in [0.15, 0.2) is 23.2 Å². The van der Waals surface area contributed by atoms with E-state index < -0.39 is 11.6 Å². The maximum atomic E-state index is 14.8. The summed E-state index contributed by atoms with van der Waals surface area (Å²) >= 11 is 0. The van der Waals surface area contributed by atoms with E-state index in [1.165, 1.54) is 0 Å². The van der Waals surface area contributed by atoms with Gasteiger partial charge in [-0.1, -0.05) is 60.7 Å². The molecule has 0 unspecified atom stereocenters. The van der Waals surface area contributed by atoms with Gasteiger partial charge in [-0.15, -0.1) is 0 Å². The molecule has 0 amide bonds. The van der Waals surface area contributed by atoms with Crippen molar-refractivity contribution in [1.29, 1.82) is 0 Å². The number of aryl methyl sites for hydroxylation is 2. The first-order valence-corrected chi connectivity index (χ1v) is 12.0. The van der Waals surface area contributed by atoms with Gasteiger partial charge in [0.1, 0.15) is 6.61 Å². The van der Waals surface area contributed by atoms with Gasteiger partial charge >= 0.3 is 0 Å². The minimum atomic E-state index is -0.771. The standard InChI is InChI=1S/C30H31F3O/c1-3-18-34-28-17-15-25(19-27(28)31)22-11-6-21(7-12-22)8-13-24-14-16-26(30(33)29(24)32)23-9-4-20(2)5-10-23/h3-5,9-10,14-17,19,21-22H,1,6-8,11-13,18H2,2H3. The number of hydrogen-bond acceptors (Lipinski definition) is 1. The Hall–Kier alpha value is -3.01. The first-order valence-electron chi connectivity index (χ1n) is 12.0. The van der Waals surface area contributed by atoms with Gasteiger partial charge in [-0.3, -0.25) is 0 Å². The van der Waals surface area contributed by atoms with Gasteiger partial charge in [0.05, 0.1) is 0 Å². The van der Waals surface area contributed by atoms with Crippen LogP contribution in [0.5, 0.6) is 5.75 Å². The third-order valence-corrected chi connectivity index (χ3v) is 6.98. The Morgan fingerprint density at radius 2 is 1.65 bits per heavy atom. The Bertz CT molecular complexity index is 1130. The average Bonchev–Trinajstić information content (AvgIpc) is 2.85. The molecular weight excluding hydrogens is 433 g/mol. The van der Waals surface area contributed by atoms with Crippen molar-refractivity contribution in [3.05, 3.63) is 101 Å². The normalized spacial score (nSPS) is 18.0. The van der Waals surface area contributed by atoms with Gasteiger partial charge < -0.3 is 4.74 Å². The summed E-state index contributed by atoms with van der Waals surface area (Å²) in [5.41, 5.74) is 3.50. The summed E-state index contributed by atoms with van der Waals surface area (Å²) < 4.78 is 49.2. The van der Waals surface area contributed by atoms with E-state index in [0.717, 1.165) is 43.2 Å². The summed E-state index contributed by atoms with van der Waals surface area (Å²) in [5, 5.41) is 0. The molecule has 34 heavy (non-hydrogen) atoms. The molecule has 4 heteroatoms. The SMILES string of the molecule is C=CCOc1ccc(C2CCC(CCc3ccc(-c4ccc(C)cc4)c(F)c3F)CC2)cc1F. The van der Waals surface area contributed by atoms with Crippen LogP contribution >= 0.6 is 0 Å². The van der Waals surface area contributed by atoms with Crippen LogP contribution in [0.2, 0.25) is 0 Å². The molecule has 0 radical (unpaired) electrons. The molecule has 3 aromatic rings. The molecule has 1 fully saturated rings. The van der Waals surface area contributed by atoms with E-state index in [1.807, 2.05) is 37.3 Å². The van der Waals surface area contributed by atoms with Gasteiger partial charge in [-0.25, -0.2) is 13.2 Å². The molecule has 3 aromatic carbocycles. The molecule has 0 aliphatic heterocycles. The maximum absolute atomic E-state index is 14.8. The van der Waals surface area contributed by atoms with Crippen molar-refractivity contribution in [3.63, 3.8) is 0 Å². The van der Waals surface area contributed by atoms with Crippen LogP contribution in [0.1, 0.15) is 54.7 Å². The predicted octanol–water partition coefficient (Wildman–Crippen LogP) is 8.55. The Labute approximate surface area is 200 Å². The van der Waals surface area contributed by atoms with Crippen LogP contribution in [0.15, 0.2) is 67.3 Å². The fraction of sp³-hybridized carbons (Fsp3) is 0.333. The Balaban J connectivity index is 1.33. The summed E-state index contributed by atoms with van der Waals surface area (Å²) in [6.07, 6.45) is 6.90. The quantitative estimate of drug-likeness (QED) is 0.304. The summed E-state index contributed by atoms with van der Waals surface area (Å²) in [5.74, 6) is -0.806. The van der Waals surface area contributed by atoms with Gasteiger partial charge in [-0.2, -0.15) is 0 Å². The van der Waals surface area contributed by atoms with E-state index >= 15 is 0 Å². The molecular formula is C30H31F3O. The van der Waals surface area contributed by atoms with E-state index in [0.29, 0.717) is 34.9 Å². The van der Waals surface area contributed by atoms with Crippen LogP contribution in [0.25, 0.3) is 11.1 Å². The van der Waals surface area contributed by atoms with Crippen molar-refractivity contribution in [2.24, 2.45) is 5.92 Å². The second kappa shape index (κ2) is 10.9. The molecule has 0 atom stereocenters. The van der Waals surface area contributed by atoms with Crippen LogP contribution < -0.4 is 4.74 Å². The minimum absolute atomic E-state index is 0.250. The largest absolute Gasteiger partial charge is 0.486 e. The highest BCUT2D eigenvalue weighted by atomic mass is 19.2. The first kappa shape index (κ1) is 24.1. The topological polar surface area (TPSA) is 9.23 Å². The number of rotatable bonds is 8. The molecule has 0 heterocycles. The molecule has 1 aliphatic carbocycles. The Morgan fingerprint density at radius 1 is 0.912 bits per heavy atom. The molecule has 1 aliphatic rings. The number of ether oxygens (including phenoxy) is 1. The lowest BCUT2D eigenvalue weighted by molar-refractivity contribution is 0.307. The highest BCUT2D eigenvalue weighted by molar-refractivity contribution is 5.65. The third-order valence-electron chi connectivity index (χ3n) is 6.98. The first-order chi connectivity index (χ1) is 16.5. The second-order valence-corrected chi connectivity index (χ2v) is 9.31. The maximum Gasteiger partial charge on any atom is 0.166 e. The summed E-state index contributed by atoms with van der Waals surface area (Å²) in [6, 6.07) is 16.1. The number of halogens is 3. The van der Waals surface area contributed by atoms with Crippen molar-refractivity contribution in [2.75, 3.05) is 6.61 Å². The molecule has 0 aromatic heterocycles. The summed E-state index contributed by atoms with van der Waals surface area (Å²) in [4.78, 5) is 0. The van der Waals surface area contributed by atoms with Crippen LogP contribution in [0.3, 0.4) is 0 Å². The van der Waals surface area contributed by atoms with Gasteiger partial charge in [0.25, 0.3) is 0 Å². The Kier molecular flexibility index (Phi) is 7.77. The zero-order valence-electron chi connectivity index (χ0n) is 19.6. The molecule has 1 saturated carbocycles. The van der Waals surface area contributed by atoms with Gasteiger partial charge in [0.2, 0.25) is 0 Å². The zero-order valence-corrected chi connectivity index (χ0v) is 19.6. The molecule has 0 N–H and O–H groups in total. The van der Waals surface area contributed by atoms with Crippen molar-refractivity contribution in [3.8, 4) is 16.9 Å². The van der Waals surface area contributed by atoms with E-state index in [9.17, 15) is 13.2 Å². The summed E-state index contributed by atoms with van der Waals surface area (Å²) in [7, 11) is 0. The number of hydrogen-bond donors (Lipinski definition) is 0. The zero-order chi connectivity index (χ0) is 24.1. The van der Waals surface area contributed by atoms with Crippen LogP contribution in [-0.2, 0) is 6.42 Å². The molecule has 4 rings (SSSR count). The van der Waals surface area contributed by atoms with E-state index in [1.54, 1.807) is 30.3 Å². The fourth-order valence-corrected chi connectivity index (χ4v) is 4.92. The molecule has 178 valence electrons.